The summed E-state index contributed by atoms with van der Waals surface area (Å²) in [6, 6.07) is 76.5. The van der Waals surface area contributed by atoms with Crippen LogP contribution < -0.4 is 0 Å². The Balaban J connectivity index is 0.883. The van der Waals surface area contributed by atoms with E-state index in [1.54, 1.807) is 0 Å². The van der Waals surface area contributed by atoms with Gasteiger partial charge in [-0.15, -0.1) is 22.7 Å². The van der Waals surface area contributed by atoms with Crippen molar-refractivity contribution < 1.29 is 4.42 Å². The van der Waals surface area contributed by atoms with E-state index in [4.69, 9.17) is 4.42 Å². The van der Waals surface area contributed by atoms with Crippen LogP contribution >= 0.6 is 22.7 Å². The Kier molecular flexibility index (Phi) is 8.77. The van der Waals surface area contributed by atoms with Gasteiger partial charge in [-0.05, 0) is 159 Å². The molecule has 0 N–H and O–H groups in total. The zero-order valence-corrected chi connectivity index (χ0v) is 37.5. The van der Waals surface area contributed by atoms with Crippen LogP contribution in [-0.4, -0.2) is 0 Å². The van der Waals surface area contributed by atoms with Gasteiger partial charge in [-0.1, -0.05) is 139 Å². The molecule has 0 aliphatic carbocycles. The number of thiophene rings is 2. The minimum atomic E-state index is 0.917. The van der Waals surface area contributed by atoms with Gasteiger partial charge >= 0.3 is 0 Å². The summed E-state index contributed by atoms with van der Waals surface area (Å²) in [6.45, 7) is 4.32. The molecule has 306 valence electrons. The van der Waals surface area contributed by atoms with Crippen LogP contribution in [0.3, 0.4) is 0 Å². The summed E-state index contributed by atoms with van der Waals surface area (Å²) in [5.41, 5.74) is 19.0. The minimum Gasteiger partial charge on any atom is -0.456 e. The first kappa shape index (κ1) is 37.9. The summed E-state index contributed by atoms with van der Waals surface area (Å²) in [4.78, 5) is 0. The van der Waals surface area contributed by atoms with Gasteiger partial charge in [0.25, 0.3) is 0 Å². The summed E-state index contributed by atoms with van der Waals surface area (Å²) in [5.74, 6) is 0. The fourth-order valence-electron chi connectivity index (χ4n) is 10.0. The molecule has 0 amide bonds. The monoisotopic (exact) mass is 864 g/mol. The van der Waals surface area contributed by atoms with Crippen molar-refractivity contribution in [3.63, 3.8) is 0 Å². The second-order valence-corrected chi connectivity index (χ2v) is 19.5. The Morgan fingerprint density at radius 1 is 0.262 bits per heavy atom. The van der Waals surface area contributed by atoms with Crippen molar-refractivity contribution in [1.29, 1.82) is 0 Å². The lowest BCUT2D eigenvalue weighted by molar-refractivity contribution is 0.669. The van der Waals surface area contributed by atoms with Crippen molar-refractivity contribution in [2.75, 3.05) is 0 Å². The van der Waals surface area contributed by atoms with Gasteiger partial charge < -0.3 is 4.42 Å². The summed E-state index contributed by atoms with van der Waals surface area (Å²) < 4.78 is 11.5. The quantitative estimate of drug-likeness (QED) is 0.162. The van der Waals surface area contributed by atoms with Gasteiger partial charge in [0.15, 0.2) is 0 Å². The first-order valence-corrected chi connectivity index (χ1v) is 23.8. The van der Waals surface area contributed by atoms with Crippen molar-refractivity contribution in [1.82, 2.24) is 0 Å². The van der Waals surface area contributed by atoms with Gasteiger partial charge in [-0.3, -0.25) is 0 Å². The van der Waals surface area contributed by atoms with Crippen LogP contribution in [0.4, 0.5) is 0 Å². The Labute approximate surface area is 385 Å². The Morgan fingerprint density at radius 3 is 1.14 bits per heavy atom. The highest BCUT2D eigenvalue weighted by atomic mass is 32.1. The highest BCUT2D eigenvalue weighted by Gasteiger charge is 2.17. The number of furan rings is 1. The topological polar surface area (TPSA) is 13.1 Å². The summed E-state index contributed by atoms with van der Waals surface area (Å²) in [5, 5.41) is 7.55. The molecule has 0 saturated heterocycles. The Morgan fingerprint density at radius 2 is 0.600 bits per heavy atom. The molecule has 13 rings (SSSR count). The molecule has 0 spiro atoms. The highest BCUT2D eigenvalue weighted by Crippen LogP contribution is 2.45. The van der Waals surface area contributed by atoms with Gasteiger partial charge in [0.05, 0.1) is 0 Å². The Bertz CT molecular complexity index is 4040. The number of hydrogen-bond donors (Lipinski definition) is 0. The second-order valence-electron chi connectivity index (χ2n) is 17.4. The van der Waals surface area contributed by atoms with Crippen molar-refractivity contribution in [2.24, 2.45) is 0 Å². The van der Waals surface area contributed by atoms with Crippen LogP contribution in [0.25, 0.3) is 129 Å². The molecule has 0 bridgehead atoms. The Hall–Kier alpha value is -7.56. The first-order valence-electron chi connectivity index (χ1n) is 22.2. The zero-order valence-electron chi connectivity index (χ0n) is 35.9. The van der Waals surface area contributed by atoms with E-state index in [9.17, 15) is 0 Å². The number of hydrogen-bond acceptors (Lipinski definition) is 3. The van der Waals surface area contributed by atoms with Gasteiger partial charge in [-0.25, -0.2) is 0 Å². The van der Waals surface area contributed by atoms with E-state index in [1.165, 1.54) is 118 Å². The fourth-order valence-corrected chi connectivity index (χ4v) is 12.2. The number of fused-ring (bicyclic) bond motifs is 9. The molecule has 0 aliphatic rings. The van der Waals surface area contributed by atoms with E-state index in [-0.39, 0.29) is 0 Å². The predicted molar refractivity (Wildman–Crippen MR) is 282 cm³/mol. The maximum Gasteiger partial charge on any atom is 0.135 e. The normalized spacial score (nSPS) is 11.8. The van der Waals surface area contributed by atoms with Crippen molar-refractivity contribution in [3.05, 3.63) is 217 Å². The van der Waals surface area contributed by atoms with E-state index >= 15 is 0 Å². The molecule has 13 aromatic rings. The molecule has 3 aromatic heterocycles. The molecule has 3 heteroatoms. The molecule has 3 heterocycles. The maximum absolute atomic E-state index is 6.20. The van der Waals surface area contributed by atoms with Crippen molar-refractivity contribution >= 4 is 85.0 Å². The molecule has 0 aliphatic heterocycles. The molecular weight excluding hydrogens is 825 g/mol. The third-order valence-electron chi connectivity index (χ3n) is 13.2. The minimum absolute atomic E-state index is 0.917. The van der Waals surface area contributed by atoms with E-state index in [0.717, 1.165) is 21.9 Å². The summed E-state index contributed by atoms with van der Waals surface area (Å²) >= 11 is 3.74. The van der Waals surface area contributed by atoms with E-state index in [1.807, 2.05) is 22.7 Å². The van der Waals surface area contributed by atoms with Crippen LogP contribution in [0, 0.1) is 13.8 Å². The van der Waals surface area contributed by atoms with Gasteiger partial charge in [0.1, 0.15) is 11.2 Å². The standard InChI is InChI=1S/C62H40OS2/c1-37-18-24-57-51(30-37)52-33-40(20-25-58(52)63-57)39-10-9-11-41(32-39)45-12-3-4-13-46(45)42-21-27-61-55(34-42)56-36-44(23-29-62(56)65-61)48-15-6-8-17-50(48)49-16-7-5-14-47(49)43-22-28-60-54(35-43)53-31-38(2)19-26-59(53)64-60/h3-36H,1-2H3. The molecule has 10 aromatic carbocycles. The lowest BCUT2D eigenvalue weighted by Crippen LogP contribution is -1.89. The van der Waals surface area contributed by atoms with E-state index in [0.29, 0.717) is 0 Å². The van der Waals surface area contributed by atoms with Crippen LogP contribution in [0.15, 0.2) is 211 Å². The van der Waals surface area contributed by atoms with E-state index in [2.05, 4.69) is 220 Å². The average Bonchev–Trinajstić information content (AvgIpc) is 4.03. The fraction of sp³-hybridized carbons (Fsp3) is 0.0323. The smallest absolute Gasteiger partial charge is 0.135 e. The number of rotatable bonds is 6. The van der Waals surface area contributed by atoms with Crippen molar-refractivity contribution in [3.8, 4) is 66.8 Å². The average molecular weight is 865 g/mol. The lowest BCUT2D eigenvalue weighted by atomic mass is 9.88. The summed E-state index contributed by atoms with van der Waals surface area (Å²) in [7, 11) is 0. The van der Waals surface area contributed by atoms with Crippen LogP contribution in [0.5, 0.6) is 0 Å². The largest absolute Gasteiger partial charge is 0.456 e. The molecule has 65 heavy (non-hydrogen) atoms. The predicted octanol–water partition coefficient (Wildman–Crippen LogP) is 18.9. The van der Waals surface area contributed by atoms with Gasteiger partial charge in [0.2, 0.25) is 0 Å². The van der Waals surface area contributed by atoms with Gasteiger partial charge in [0, 0.05) is 51.1 Å². The number of benzene rings is 10. The highest BCUT2D eigenvalue weighted by molar-refractivity contribution is 7.26. The zero-order chi connectivity index (χ0) is 43.2. The van der Waals surface area contributed by atoms with Crippen LogP contribution in [-0.2, 0) is 0 Å². The first-order chi connectivity index (χ1) is 32.0. The maximum atomic E-state index is 6.20. The third-order valence-corrected chi connectivity index (χ3v) is 15.5. The molecule has 0 atom stereocenters. The van der Waals surface area contributed by atoms with Crippen molar-refractivity contribution in [2.45, 2.75) is 13.8 Å². The SMILES string of the molecule is Cc1ccc2oc3ccc(-c4cccc(-c5ccccc5-c5ccc6sc7ccc(-c8ccccc8-c8ccccc8-c8ccc9sc%10ccc(C)cc%10c9c8)cc7c6c5)c4)cc3c2c1. The molecule has 0 fully saturated rings. The third kappa shape index (κ3) is 6.42. The van der Waals surface area contributed by atoms with E-state index < -0.39 is 0 Å². The van der Waals surface area contributed by atoms with Gasteiger partial charge in [-0.2, -0.15) is 0 Å². The molecule has 0 unspecified atom stereocenters. The molecule has 1 nitrogen and oxygen atoms in total. The summed E-state index contributed by atoms with van der Waals surface area (Å²) in [6.07, 6.45) is 0. The lowest BCUT2D eigenvalue weighted by Gasteiger charge is -2.15. The second kappa shape index (κ2) is 15.0. The molecular formula is C62H40OS2. The van der Waals surface area contributed by atoms with Crippen LogP contribution in [0.2, 0.25) is 0 Å². The van der Waals surface area contributed by atoms with Crippen LogP contribution in [0.1, 0.15) is 11.1 Å². The number of aryl methyl sites for hydroxylation is 2. The molecule has 0 radical (unpaired) electrons. The molecule has 0 saturated carbocycles.